The van der Waals surface area contributed by atoms with Crippen LogP contribution in [0.15, 0.2) is 17.8 Å². The van der Waals surface area contributed by atoms with Crippen molar-refractivity contribution in [1.29, 1.82) is 0 Å². The fourth-order valence-corrected chi connectivity index (χ4v) is 3.37. The average molecular weight is 316 g/mol. The van der Waals surface area contributed by atoms with E-state index in [-0.39, 0.29) is 6.10 Å². The number of fused-ring (bicyclic) bond motifs is 1. The number of morpholine rings is 1. The topological polar surface area (TPSA) is 79.8 Å². The van der Waals surface area contributed by atoms with Crippen LogP contribution >= 0.6 is 11.3 Å². The van der Waals surface area contributed by atoms with Gasteiger partial charge in [-0.05, 0) is 11.4 Å². The fourth-order valence-electron chi connectivity index (χ4n) is 2.64. The predicted molar refractivity (Wildman–Crippen MR) is 84.1 cm³/mol. The van der Waals surface area contributed by atoms with Crippen molar-refractivity contribution in [2.45, 2.75) is 19.4 Å². The van der Waals surface area contributed by atoms with Gasteiger partial charge >= 0.3 is 0 Å². The van der Waals surface area contributed by atoms with Crippen LogP contribution in [0.1, 0.15) is 24.7 Å². The van der Waals surface area contributed by atoms with Gasteiger partial charge in [0.15, 0.2) is 5.82 Å². The van der Waals surface area contributed by atoms with Gasteiger partial charge in [-0.3, -0.25) is 5.10 Å². The molecule has 0 bridgehead atoms. The first-order valence-electron chi connectivity index (χ1n) is 7.31. The first-order chi connectivity index (χ1) is 10.8. The lowest BCUT2D eigenvalue weighted by Gasteiger charge is -2.32. The van der Waals surface area contributed by atoms with Crippen LogP contribution in [-0.4, -0.2) is 44.8 Å². The Kier molecular flexibility index (Phi) is 3.47. The molecule has 3 aromatic heterocycles. The molecular weight excluding hydrogens is 300 g/mol. The van der Waals surface area contributed by atoms with Crippen LogP contribution in [0, 0.1) is 0 Å². The number of nitrogens with zero attached hydrogens (tertiary/aromatic N) is 5. The van der Waals surface area contributed by atoms with E-state index in [9.17, 15) is 0 Å². The van der Waals surface area contributed by atoms with E-state index in [1.165, 1.54) is 0 Å². The van der Waals surface area contributed by atoms with Gasteiger partial charge in [-0.15, -0.1) is 11.3 Å². The van der Waals surface area contributed by atoms with E-state index in [4.69, 9.17) is 4.74 Å². The van der Waals surface area contributed by atoms with Crippen molar-refractivity contribution in [1.82, 2.24) is 25.1 Å². The molecule has 8 heteroatoms. The standard InChI is InChI=1S/C14H16N6OS/c1-2-11-17-12(19-18-11)10-7-20(4-5-21-10)13-9-3-6-22-14(9)16-8-15-13/h3,6,8,10H,2,4-5,7H2,1H3,(H,17,18,19). The predicted octanol–water partition coefficient (Wildman–Crippen LogP) is 1.95. The quantitative estimate of drug-likeness (QED) is 0.795. The zero-order valence-corrected chi connectivity index (χ0v) is 13.0. The molecule has 0 spiro atoms. The zero-order chi connectivity index (χ0) is 14.9. The van der Waals surface area contributed by atoms with E-state index in [1.54, 1.807) is 17.7 Å². The van der Waals surface area contributed by atoms with E-state index >= 15 is 0 Å². The van der Waals surface area contributed by atoms with Crippen molar-refractivity contribution in [3.8, 4) is 0 Å². The number of aromatic nitrogens is 5. The molecule has 1 atom stereocenters. The van der Waals surface area contributed by atoms with Gasteiger partial charge in [0.1, 0.15) is 28.9 Å². The average Bonchev–Trinajstić information content (AvgIpc) is 3.23. The summed E-state index contributed by atoms with van der Waals surface area (Å²) in [5.74, 6) is 2.57. The molecule has 0 aliphatic carbocycles. The maximum atomic E-state index is 5.84. The lowest BCUT2D eigenvalue weighted by molar-refractivity contribution is 0.0340. The number of hydrogen-bond donors (Lipinski definition) is 1. The summed E-state index contributed by atoms with van der Waals surface area (Å²) >= 11 is 1.63. The van der Waals surface area contributed by atoms with Gasteiger partial charge in [-0.2, -0.15) is 5.10 Å². The molecule has 1 N–H and O–H groups in total. The van der Waals surface area contributed by atoms with Crippen molar-refractivity contribution in [3.05, 3.63) is 29.4 Å². The van der Waals surface area contributed by atoms with Crippen molar-refractivity contribution in [2.24, 2.45) is 0 Å². The first kappa shape index (κ1) is 13.6. The smallest absolute Gasteiger partial charge is 0.181 e. The number of thiophene rings is 1. The second-order valence-corrected chi connectivity index (χ2v) is 6.03. The molecule has 0 saturated carbocycles. The molecule has 1 unspecified atom stereocenters. The Balaban J connectivity index is 1.62. The lowest BCUT2D eigenvalue weighted by Crippen LogP contribution is -2.39. The van der Waals surface area contributed by atoms with Crippen LogP contribution in [-0.2, 0) is 11.2 Å². The Hall–Kier alpha value is -2.06. The van der Waals surface area contributed by atoms with Crippen molar-refractivity contribution in [3.63, 3.8) is 0 Å². The monoisotopic (exact) mass is 316 g/mol. The van der Waals surface area contributed by atoms with Gasteiger partial charge in [-0.1, -0.05) is 6.92 Å². The van der Waals surface area contributed by atoms with E-state index in [0.717, 1.165) is 40.6 Å². The summed E-state index contributed by atoms with van der Waals surface area (Å²) in [6, 6.07) is 2.07. The Morgan fingerprint density at radius 2 is 2.41 bits per heavy atom. The van der Waals surface area contributed by atoms with Gasteiger partial charge < -0.3 is 9.64 Å². The minimum atomic E-state index is -0.131. The van der Waals surface area contributed by atoms with Crippen LogP contribution in [0.4, 0.5) is 5.82 Å². The minimum Gasteiger partial charge on any atom is -0.366 e. The van der Waals surface area contributed by atoms with Gasteiger partial charge in [0.2, 0.25) is 0 Å². The third-order valence-corrected chi connectivity index (χ3v) is 4.60. The molecule has 7 nitrogen and oxygen atoms in total. The Morgan fingerprint density at radius 3 is 3.27 bits per heavy atom. The van der Waals surface area contributed by atoms with Crippen LogP contribution in [0.25, 0.3) is 10.2 Å². The summed E-state index contributed by atoms with van der Waals surface area (Å²) in [6.07, 6.45) is 2.33. The highest BCUT2D eigenvalue weighted by Gasteiger charge is 2.27. The first-order valence-corrected chi connectivity index (χ1v) is 8.19. The third kappa shape index (κ3) is 2.34. The lowest BCUT2D eigenvalue weighted by atomic mass is 10.2. The van der Waals surface area contributed by atoms with Crippen molar-refractivity contribution < 1.29 is 4.74 Å². The van der Waals surface area contributed by atoms with E-state index in [1.807, 2.05) is 12.3 Å². The Bertz CT molecular complexity index is 784. The number of H-pyrrole nitrogens is 1. The Morgan fingerprint density at radius 1 is 1.45 bits per heavy atom. The number of rotatable bonds is 3. The highest BCUT2D eigenvalue weighted by molar-refractivity contribution is 7.16. The maximum Gasteiger partial charge on any atom is 0.181 e. The Labute approximate surface area is 131 Å². The second kappa shape index (κ2) is 5.62. The van der Waals surface area contributed by atoms with Gasteiger partial charge in [-0.25, -0.2) is 15.0 Å². The molecule has 4 heterocycles. The number of anilines is 1. The number of ether oxygens (including phenoxy) is 1. The number of aryl methyl sites for hydroxylation is 1. The molecule has 0 aromatic carbocycles. The zero-order valence-electron chi connectivity index (χ0n) is 12.2. The summed E-state index contributed by atoms with van der Waals surface area (Å²) in [6.45, 7) is 4.19. The molecule has 3 aromatic rings. The highest BCUT2D eigenvalue weighted by Crippen LogP contribution is 2.30. The van der Waals surface area contributed by atoms with Gasteiger partial charge in [0, 0.05) is 13.0 Å². The second-order valence-electron chi connectivity index (χ2n) is 5.14. The van der Waals surface area contributed by atoms with Crippen LogP contribution < -0.4 is 4.90 Å². The van der Waals surface area contributed by atoms with Crippen LogP contribution in [0.5, 0.6) is 0 Å². The molecule has 0 radical (unpaired) electrons. The minimum absolute atomic E-state index is 0.131. The van der Waals surface area contributed by atoms with Crippen LogP contribution in [0.2, 0.25) is 0 Å². The van der Waals surface area contributed by atoms with Crippen molar-refractivity contribution in [2.75, 3.05) is 24.6 Å². The molecule has 1 saturated heterocycles. The summed E-state index contributed by atoms with van der Waals surface area (Å²) in [5, 5.41) is 10.4. The summed E-state index contributed by atoms with van der Waals surface area (Å²) < 4.78 is 5.84. The normalized spacial score (nSPS) is 19.0. The fraction of sp³-hybridized carbons (Fsp3) is 0.429. The highest BCUT2D eigenvalue weighted by atomic mass is 32.1. The SMILES string of the molecule is CCc1nc(C2CN(c3ncnc4sccc34)CCO2)n[nH]1. The molecule has 22 heavy (non-hydrogen) atoms. The summed E-state index contributed by atoms with van der Waals surface area (Å²) in [7, 11) is 0. The number of aromatic amines is 1. The van der Waals surface area contributed by atoms with Gasteiger partial charge in [0.05, 0.1) is 18.5 Å². The third-order valence-electron chi connectivity index (χ3n) is 3.78. The molecule has 0 amide bonds. The van der Waals surface area contributed by atoms with E-state index < -0.39 is 0 Å². The van der Waals surface area contributed by atoms with Crippen molar-refractivity contribution >= 4 is 27.4 Å². The molecule has 1 aliphatic rings. The molecule has 1 aliphatic heterocycles. The van der Waals surface area contributed by atoms with E-state index in [2.05, 4.69) is 36.1 Å². The summed E-state index contributed by atoms with van der Waals surface area (Å²) in [5.41, 5.74) is 0. The molecule has 1 fully saturated rings. The largest absolute Gasteiger partial charge is 0.366 e. The van der Waals surface area contributed by atoms with Crippen LogP contribution in [0.3, 0.4) is 0 Å². The number of nitrogens with one attached hydrogen (secondary N) is 1. The molecule has 114 valence electrons. The van der Waals surface area contributed by atoms with E-state index in [0.29, 0.717) is 13.2 Å². The summed E-state index contributed by atoms with van der Waals surface area (Å²) in [4.78, 5) is 16.5. The van der Waals surface area contributed by atoms with Gasteiger partial charge in [0.25, 0.3) is 0 Å². The molecule has 4 rings (SSSR count). The maximum absolute atomic E-state index is 5.84. The molecular formula is C14H16N6OS. The number of hydrogen-bond acceptors (Lipinski definition) is 7.